The number of nitrogens with zero attached hydrogens (tertiary/aromatic N) is 3. The van der Waals surface area contributed by atoms with Crippen LogP contribution >= 0.6 is 24.2 Å². The van der Waals surface area contributed by atoms with E-state index in [0.29, 0.717) is 16.4 Å². The molecule has 0 amide bonds. The summed E-state index contributed by atoms with van der Waals surface area (Å²) in [6.07, 6.45) is 2.72. The van der Waals surface area contributed by atoms with E-state index in [-0.39, 0.29) is 16.9 Å². The maximum absolute atomic E-state index is 13.0. The van der Waals surface area contributed by atoms with Crippen LogP contribution in [0.2, 0.25) is 5.02 Å². The Kier molecular flexibility index (Phi) is 3.67. The summed E-state index contributed by atoms with van der Waals surface area (Å²) in [4.78, 5) is 13.0. The van der Waals surface area contributed by atoms with Crippen molar-refractivity contribution in [2.45, 2.75) is 17.7 Å². The largest absolute Gasteiger partial charge is 0.312 e. The molecule has 1 aliphatic heterocycles. The third-order valence-electron chi connectivity index (χ3n) is 4.18. The van der Waals surface area contributed by atoms with Crippen LogP contribution in [0.15, 0.2) is 47.4 Å². The van der Waals surface area contributed by atoms with Crippen LogP contribution in [0.3, 0.4) is 0 Å². The second kappa shape index (κ2) is 5.70. The Morgan fingerprint density at radius 1 is 1.30 bits per heavy atom. The summed E-state index contributed by atoms with van der Waals surface area (Å²) < 4.78 is 3.15. The summed E-state index contributed by atoms with van der Waals surface area (Å²) in [6.45, 7) is 0.967. The summed E-state index contributed by atoms with van der Waals surface area (Å²) in [6, 6.07) is 11.4. The molecule has 4 rings (SSSR count). The van der Waals surface area contributed by atoms with Gasteiger partial charge in [0.1, 0.15) is 5.52 Å². The first-order valence-electron chi connectivity index (χ1n) is 7.43. The van der Waals surface area contributed by atoms with Gasteiger partial charge in [0.2, 0.25) is 0 Å². The third kappa shape index (κ3) is 2.38. The lowest BCUT2D eigenvalue weighted by Crippen LogP contribution is -2.47. The molecule has 118 valence electrons. The molecule has 3 aromatic rings. The molecule has 0 spiro atoms. The van der Waals surface area contributed by atoms with Gasteiger partial charge in [0, 0.05) is 12.2 Å². The average molecular weight is 347 g/mol. The minimum atomic E-state index is -0.186. The number of hydrogen-bond donors (Lipinski definition) is 2. The lowest BCUT2D eigenvalue weighted by atomic mass is 10.0. The van der Waals surface area contributed by atoms with Crippen molar-refractivity contribution in [3.8, 4) is 5.69 Å². The molecule has 7 heteroatoms. The number of rotatable bonds is 3. The van der Waals surface area contributed by atoms with E-state index in [1.54, 1.807) is 21.3 Å². The number of thiol groups is 1. The van der Waals surface area contributed by atoms with Crippen molar-refractivity contribution >= 4 is 29.7 Å². The number of para-hydroxylation sites is 1. The molecule has 1 aromatic carbocycles. The van der Waals surface area contributed by atoms with Gasteiger partial charge in [-0.25, -0.2) is 4.52 Å². The fourth-order valence-electron chi connectivity index (χ4n) is 2.83. The van der Waals surface area contributed by atoms with E-state index in [9.17, 15) is 4.79 Å². The molecule has 2 atom stereocenters. The topological polar surface area (TPSA) is 51.3 Å². The first kappa shape index (κ1) is 14.8. The van der Waals surface area contributed by atoms with Crippen molar-refractivity contribution in [1.29, 1.82) is 0 Å². The van der Waals surface area contributed by atoms with Crippen molar-refractivity contribution in [2.24, 2.45) is 0 Å². The van der Waals surface area contributed by atoms with E-state index < -0.39 is 0 Å². The molecule has 0 bridgehead atoms. The van der Waals surface area contributed by atoms with Crippen LogP contribution < -0.4 is 10.9 Å². The quantitative estimate of drug-likeness (QED) is 0.716. The molecular weight excluding hydrogens is 332 g/mol. The standard InChI is InChI=1S/C16H15ClN4OS/c17-11-7-9-20-13(11)16(22)21(10-4-2-1-3-5-10)15(19-20)14(23)12-6-8-18-12/h1-5,7,9,12,14,18,23H,6,8H2/t12-,14?/m0/s1. The summed E-state index contributed by atoms with van der Waals surface area (Å²) >= 11 is 10.9. The van der Waals surface area contributed by atoms with Crippen LogP contribution in [0, 0.1) is 0 Å². The van der Waals surface area contributed by atoms with Crippen LogP contribution in [0.1, 0.15) is 17.5 Å². The van der Waals surface area contributed by atoms with E-state index in [0.717, 1.165) is 18.7 Å². The highest BCUT2D eigenvalue weighted by Crippen LogP contribution is 2.29. The number of benzene rings is 1. The molecule has 23 heavy (non-hydrogen) atoms. The van der Waals surface area contributed by atoms with Gasteiger partial charge in [-0.3, -0.25) is 9.36 Å². The molecule has 1 unspecified atom stereocenters. The Labute approximate surface area is 143 Å². The van der Waals surface area contributed by atoms with E-state index in [2.05, 4.69) is 10.4 Å². The summed E-state index contributed by atoms with van der Waals surface area (Å²) in [7, 11) is 0. The van der Waals surface area contributed by atoms with Gasteiger partial charge in [-0.1, -0.05) is 29.8 Å². The Morgan fingerprint density at radius 2 is 2.04 bits per heavy atom. The predicted molar refractivity (Wildman–Crippen MR) is 93.9 cm³/mol. The van der Waals surface area contributed by atoms with Gasteiger partial charge in [0.05, 0.1) is 16.0 Å². The van der Waals surface area contributed by atoms with Crippen molar-refractivity contribution in [1.82, 2.24) is 19.5 Å². The van der Waals surface area contributed by atoms with E-state index in [1.807, 2.05) is 30.3 Å². The third-order valence-corrected chi connectivity index (χ3v) is 5.08. The zero-order chi connectivity index (χ0) is 16.0. The van der Waals surface area contributed by atoms with Crippen LogP contribution in [0.25, 0.3) is 11.2 Å². The number of fused-ring (bicyclic) bond motifs is 1. The van der Waals surface area contributed by atoms with E-state index in [4.69, 9.17) is 24.2 Å². The van der Waals surface area contributed by atoms with Gasteiger partial charge in [0.25, 0.3) is 5.56 Å². The second-order valence-corrected chi connectivity index (χ2v) is 6.55. The second-order valence-electron chi connectivity index (χ2n) is 5.59. The Balaban J connectivity index is 2.01. The van der Waals surface area contributed by atoms with Gasteiger partial charge in [0.15, 0.2) is 5.82 Å². The number of hydrogen-bond acceptors (Lipinski definition) is 4. The van der Waals surface area contributed by atoms with Crippen LogP contribution in [0.5, 0.6) is 0 Å². The van der Waals surface area contributed by atoms with Crippen LogP contribution in [-0.4, -0.2) is 26.8 Å². The number of halogens is 1. The summed E-state index contributed by atoms with van der Waals surface area (Å²) in [5.41, 5.74) is 0.953. The van der Waals surface area contributed by atoms with Crippen molar-refractivity contribution < 1.29 is 0 Å². The summed E-state index contributed by atoms with van der Waals surface area (Å²) in [5, 5.41) is 8.16. The maximum Gasteiger partial charge on any atom is 0.284 e. The molecule has 3 heterocycles. The van der Waals surface area contributed by atoms with Crippen molar-refractivity contribution in [2.75, 3.05) is 6.54 Å². The fourth-order valence-corrected chi connectivity index (χ4v) is 3.47. The number of aromatic nitrogens is 3. The van der Waals surface area contributed by atoms with Crippen LogP contribution in [-0.2, 0) is 0 Å². The van der Waals surface area contributed by atoms with E-state index in [1.165, 1.54) is 0 Å². The smallest absolute Gasteiger partial charge is 0.284 e. The Bertz CT molecular complexity index is 917. The van der Waals surface area contributed by atoms with Gasteiger partial charge < -0.3 is 5.32 Å². The normalized spacial score (nSPS) is 18.8. The minimum Gasteiger partial charge on any atom is -0.312 e. The monoisotopic (exact) mass is 346 g/mol. The molecule has 0 saturated carbocycles. The van der Waals surface area contributed by atoms with Crippen LogP contribution in [0.4, 0.5) is 0 Å². The maximum atomic E-state index is 13.0. The average Bonchev–Trinajstić information content (AvgIpc) is 2.88. The molecule has 1 N–H and O–H groups in total. The van der Waals surface area contributed by atoms with Gasteiger partial charge in [-0.05, 0) is 31.2 Å². The SMILES string of the molecule is O=c1c2c(Cl)ccn2nc(C(S)[C@@H]2CCN2)n1-c1ccccc1. The summed E-state index contributed by atoms with van der Waals surface area (Å²) in [5.74, 6) is 0.613. The van der Waals surface area contributed by atoms with E-state index >= 15 is 0 Å². The van der Waals surface area contributed by atoms with Gasteiger partial charge in [-0.15, -0.1) is 0 Å². The zero-order valence-corrected chi connectivity index (χ0v) is 13.8. The fraction of sp³-hybridized carbons (Fsp3) is 0.250. The lowest BCUT2D eigenvalue weighted by Gasteiger charge is -2.32. The molecule has 1 fully saturated rings. The lowest BCUT2D eigenvalue weighted by molar-refractivity contribution is 0.355. The first-order valence-corrected chi connectivity index (χ1v) is 8.33. The minimum absolute atomic E-state index is 0.178. The molecular formula is C16H15ClN4OS. The van der Waals surface area contributed by atoms with Gasteiger partial charge in [-0.2, -0.15) is 17.7 Å². The molecule has 1 aliphatic rings. The van der Waals surface area contributed by atoms with Crippen molar-refractivity contribution in [3.05, 3.63) is 63.8 Å². The molecule has 0 aliphatic carbocycles. The highest BCUT2D eigenvalue weighted by molar-refractivity contribution is 7.80. The molecule has 0 radical (unpaired) electrons. The molecule has 5 nitrogen and oxygen atoms in total. The predicted octanol–water partition coefficient (Wildman–Crippen LogP) is 2.47. The Morgan fingerprint density at radius 3 is 2.70 bits per heavy atom. The highest BCUT2D eigenvalue weighted by atomic mass is 35.5. The zero-order valence-electron chi connectivity index (χ0n) is 12.2. The molecule has 2 aromatic heterocycles. The number of nitrogens with one attached hydrogen (secondary N) is 1. The van der Waals surface area contributed by atoms with Gasteiger partial charge >= 0.3 is 0 Å². The molecule has 1 saturated heterocycles. The highest BCUT2D eigenvalue weighted by Gasteiger charge is 2.30. The Hall–Kier alpha value is -1.76. The first-order chi connectivity index (χ1) is 11.2. The van der Waals surface area contributed by atoms with Crippen molar-refractivity contribution in [3.63, 3.8) is 0 Å².